The standard InChI is InChI=1S/C13H10F2N2O3/c14-8-1-2-10(9(15)4-8)17-16-6-7-3-12(19)13(20)5-11(7)18/h1-5,18-20H,6H2. The van der Waals surface area contributed by atoms with E-state index in [0.29, 0.717) is 6.07 Å². The average molecular weight is 280 g/mol. The number of nitrogens with zero attached hydrogens (tertiary/aromatic N) is 2. The summed E-state index contributed by atoms with van der Waals surface area (Å²) >= 11 is 0. The van der Waals surface area contributed by atoms with Gasteiger partial charge >= 0.3 is 0 Å². The Kier molecular flexibility index (Phi) is 3.79. The molecular weight excluding hydrogens is 270 g/mol. The first-order valence-corrected chi connectivity index (χ1v) is 5.53. The van der Waals surface area contributed by atoms with E-state index in [0.717, 1.165) is 24.3 Å². The first kappa shape index (κ1) is 13.7. The summed E-state index contributed by atoms with van der Waals surface area (Å²) in [6.45, 7) is -0.142. The van der Waals surface area contributed by atoms with Gasteiger partial charge in [0.25, 0.3) is 0 Å². The number of benzene rings is 2. The lowest BCUT2D eigenvalue weighted by atomic mass is 10.2. The van der Waals surface area contributed by atoms with Crippen LogP contribution in [-0.4, -0.2) is 15.3 Å². The van der Waals surface area contributed by atoms with E-state index in [-0.39, 0.29) is 23.5 Å². The van der Waals surface area contributed by atoms with E-state index >= 15 is 0 Å². The van der Waals surface area contributed by atoms with Crippen LogP contribution in [0, 0.1) is 11.6 Å². The summed E-state index contributed by atoms with van der Waals surface area (Å²) in [6, 6.07) is 4.92. The zero-order chi connectivity index (χ0) is 14.7. The van der Waals surface area contributed by atoms with Gasteiger partial charge in [-0.15, -0.1) is 0 Å². The van der Waals surface area contributed by atoms with Gasteiger partial charge in [0.1, 0.15) is 17.3 Å². The molecule has 0 saturated heterocycles. The zero-order valence-electron chi connectivity index (χ0n) is 10.1. The number of aromatic hydroxyl groups is 3. The molecule has 104 valence electrons. The fourth-order valence-electron chi connectivity index (χ4n) is 1.49. The minimum absolute atomic E-state index is 0.142. The number of phenolic OH excluding ortho intramolecular Hbond substituents is 3. The summed E-state index contributed by atoms with van der Waals surface area (Å²) < 4.78 is 25.9. The van der Waals surface area contributed by atoms with Crippen molar-refractivity contribution in [3.05, 3.63) is 47.5 Å². The molecule has 0 aromatic heterocycles. The normalized spacial score (nSPS) is 11.1. The smallest absolute Gasteiger partial charge is 0.161 e. The highest BCUT2D eigenvalue weighted by Gasteiger charge is 2.07. The quantitative estimate of drug-likeness (QED) is 0.457. The maximum Gasteiger partial charge on any atom is 0.161 e. The molecule has 0 aliphatic heterocycles. The van der Waals surface area contributed by atoms with Gasteiger partial charge in [-0.1, -0.05) is 0 Å². The fraction of sp³-hybridized carbons (Fsp3) is 0.0769. The molecule has 0 radical (unpaired) electrons. The molecule has 0 spiro atoms. The minimum Gasteiger partial charge on any atom is -0.507 e. The van der Waals surface area contributed by atoms with Crippen molar-refractivity contribution >= 4 is 5.69 Å². The molecule has 2 aromatic rings. The number of azo groups is 1. The Labute approximate surface area is 112 Å². The Morgan fingerprint density at radius 3 is 2.30 bits per heavy atom. The molecule has 0 saturated carbocycles. The Balaban J connectivity index is 2.16. The second-order valence-corrected chi connectivity index (χ2v) is 3.96. The van der Waals surface area contributed by atoms with Crippen LogP contribution in [0.2, 0.25) is 0 Å². The van der Waals surface area contributed by atoms with E-state index in [2.05, 4.69) is 10.2 Å². The molecule has 7 heteroatoms. The van der Waals surface area contributed by atoms with Crippen molar-refractivity contribution in [1.29, 1.82) is 0 Å². The van der Waals surface area contributed by atoms with E-state index < -0.39 is 23.1 Å². The van der Waals surface area contributed by atoms with Gasteiger partial charge in [0.05, 0.1) is 6.54 Å². The van der Waals surface area contributed by atoms with Gasteiger partial charge in [-0.05, 0) is 18.2 Å². The molecule has 5 nitrogen and oxygen atoms in total. The largest absolute Gasteiger partial charge is 0.507 e. The molecule has 0 bridgehead atoms. The second-order valence-electron chi connectivity index (χ2n) is 3.96. The molecule has 0 amide bonds. The average Bonchev–Trinajstić information content (AvgIpc) is 2.38. The Bertz CT molecular complexity index is 675. The van der Waals surface area contributed by atoms with Crippen molar-refractivity contribution in [2.45, 2.75) is 6.54 Å². The van der Waals surface area contributed by atoms with Crippen LogP contribution in [0.1, 0.15) is 5.56 Å². The lowest BCUT2D eigenvalue weighted by molar-refractivity contribution is 0.394. The lowest BCUT2D eigenvalue weighted by Gasteiger charge is -2.03. The molecule has 20 heavy (non-hydrogen) atoms. The van der Waals surface area contributed by atoms with Crippen molar-refractivity contribution in [2.24, 2.45) is 10.2 Å². The zero-order valence-corrected chi connectivity index (χ0v) is 10.1. The van der Waals surface area contributed by atoms with Gasteiger partial charge in [-0.2, -0.15) is 10.2 Å². The molecule has 0 aliphatic carbocycles. The Hall–Kier alpha value is -2.70. The van der Waals surface area contributed by atoms with Crippen molar-refractivity contribution in [2.75, 3.05) is 0 Å². The third-order valence-electron chi connectivity index (χ3n) is 2.51. The minimum atomic E-state index is -0.855. The maximum atomic E-state index is 13.3. The summed E-state index contributed by atoms with van der Waals surface area (Å²) in [5.41, 5.74) is 0.0560. The Morgan fingerprint density at radius 1 is 0.900 bits per heavy atom. The van der Waals surface area contributed by atoms with E-state index in [9.17, 15) is 19.0 Å². The van der Waals surface area contributed by atoms with Crippen LogP contribution in [-0.2, 0) is 6.54 Å². The third-order valence-corrected chi connectivity index (χ3v) is 2.51. The van der Waals surface area contributed by atoms with Crippen LogP contribution in [0.4, 0.5) is 14.5 Å². The molecule has 0 atom stereocenters. The van der Waals surface area contributed by atoms with E-state index in [1.807, 2.05) is 0 Å². The van der Waals surface area contributed by atoms with E-state index in [1.165, 1.54) is 0 Å². The number of halogens is 2. The van der Waals surface area contributed by atoms with Crippen molar-refractivity contribution in [3.63, 3.8) is 0 Å². The molecule has 3 N–H and O–H groups in total. The molecule has 0 fully saturated rings. The van der Waals surface area contributed by atoms with Crippen LogP contribution in [0.15, 0.2) is 40.6 Å². The fourth-order valence-corrected chi connectivity index (χ4v) is 1.49. The topological polar surface area (TPSA) is 85.4 Å². The summed E-state index contributed by atoms with van der Waals surface area (Å²) in [6.07, 6.45) is 0. The van der Waals surface area contributed by atoms with Crippen LogP contribution in [0.3, 0.4) is 0 Å². The maximum absolute atomic E-state index is 13.3. The number of hydrogen-bond acceptors (Lipinski definition) is 5. The van der Waals surface area contributed by atoms with E-state index in [4.69, 9.17) is 5.11 Å². The number of phenols is 3. The monoisotopic (exact) mass is 280 g/mol. The van der Waals surface area contributed by atoms with Gasteiger partial charge in [0, 0.05) is 17.7 Å². The SMILES string of the molecule is Oc1cc(O)c(CN=Nc2ccc(F)cc2F)cc1O. The third kappa shape index (κ3) is 3.00. The van der Waals surface area contributed by atoms with Crippen LogP contribution >= 0.6 is 0 Å². The molecule has 2 aromatic carbocycles. The molecule has 0 aliphatic rings. The van der Waals surface area contributed by atoms with E-state index in [1.54, 1.807) is 0 Å². The molecular formula is C13H10F2N2O3. The van der Waals surface area contributed by atoms with Crippen molar-refractivity contribution < 1.29 is 24.1 Å². The van der Waals surface area contributed by atoms with Gasteiger partial charge in [-0.3, -0.25) is 0 Å². The predicted octanol–water partition coefficient (Wildman–Crippen LogP) is 3.37. The van der Waals surface area contributed by atoms with Crippen LogP contribution in [0.5, 0.6) is 17.2 Å². The number of hydrogen-bond donors (Lipinski definition) is 3. The van der Waals surface area contributed by atoms with Crippen molar-refractivity contribution in [1.82, 2.24) is 0 Å². The van der Waals surface area contributed by atoms with Crippen LogP contribution < -0.4 is 0 Å². The van der Waals surface area contributed by atoms with Crippen molar-refractivity contribution in [3.8, 4) is 17.2 Å². The Morgan fingerprint density at radius 2 is 1.60 bits per heavy atom. The summed E-state index contributed by atoms with van der Waals surface area (Å²) in [4.78, 5) is 0. The van der Waals surface area contributed by atoms with Gasteiger partial charge in [0.15, 0.2) is 17.3 Å². The summed E-state index contributed by atoms with van der Waals surface area (Å²) in [5, 5.41) is 35.1. The molecule has 2 rings (SSSR count). The van der Waals surface area contributed by atoms with Gasteiger partial charge in [-0.25, -0.2) is 8.78 Å². The molecule has 0 heterocycles. The molecule has 0 unspecified atom stereocenters. The predicted molar refractivity (Wildman–Crippen MR) is 66.0 cm³/mol. The van der Waals surface area contributed by atoms with Gasteiger partial charge in [0.2, 0.25) is 0 Å². The first-order chi connectivity index (χ1) is 9.47. The van der Waals surface area contributed by atoms with Crippen LogP contribution in [0.25, 0.3) is 0 Å². The highest BCUT2D eigenvalue weighted by atomic mass is 19.1. The lowest BCUT2D eigenvalue weighted by Crippen LogP contribution is -1.83. The van der Waals surface area contributed by atoms with Gasteiger partial charge < -0.3 is 15.3 Å². The number of rotatable bonds is 3. The summed E-state index contributed by atoms with van der Waals surface area (Å²) in [5.74, 6) is -2.73. The summed E-state index contributed by atoms with van der Waals surface area (Å²) in [7, 11) is 0. The highest BCUT2D eigenvalue weighted by molar-refractivity contribution is 5.48. The first-order valence-electron chi connectivity index (χ1n) is 5.53. The second kappa shape index (κ2) is 5.52. The highest BCUT2D eigenvalue weighted by Crippen LogP contribution is 2.32.